The van der Waals surface area contributed by atoms with Crippen molar-refractivity contribution in [2.24, 2.45) is 17.8 Å². The van der Waals surface area contributed by atoms with Crippen LogP contribution in [0.25, 0.3) is 0 Å². The van der Waals surface area contributed by atoms with Crippen LogP contribution in [0.15, 0.2) is 0 Å². The van der Waals surface area contributed by atoms with Crippen LogP contribution in [0.3, 0.4) is 0 Å². The van der Waals surface area contributed by atoms with Crippen LogP contribution in [-0.2, 0) is 9.59 Å². The molecule has 2 aliphatic heterocycles. The highest BCUT2D eigenvalue weighted by molar-refractivity contribution is 5.84. The van der Waals surface area contributed by atoms with E-state index in [9.17, 15) is 9.59 Å². The molecule has 0 aromatic carbocycles. The van der Waals surface area contributed by atoms with Gasteiger partial charge < -0.3 is 10.6 Å². The zero-order valence-electron chi connectivity index (χ0n) is 11.2. The molecule has 0 radical (unpaired) electrons. The quantitative estimate of drug-likeness (QED) is 0.703. The van der Waals surface area contributed by atoms with Crippen LogP contribution in [0.5, 0.6) is 0 Å². The predicted octanol–water partition coefficient (Wildman–Crippen LogP) is 1.46. The number of nitrogens with one attached hydrogen (secondary N) is 2. The number of carbonyl (C=O) groups excluding carboxylic acids is 2. The van der Waals surface area contributed by atoms with Gasteiger partial charge in [-0.25, -0.2) is 0 Å². The summed E-state index contributed by atoms with van der Waals surface area (Å²) < 4.78 is 0. The van der Waals surface area contributed by atoms with Gasteiger partial charge in [0, 0.05) is 24.9 Å². The average molecular weight is 252 g/mol. The molecule has 0 aliphatic carbocycles. The summed E-state index contributed by atoms with van der Waals surface area (Å²) in [6.07, 6.45) is 6.33. The van der Waals surface area contributed by atoms with Crippen molar-refractivity contribution in [1.29, 1.82) is 0 Å². The summed E-state index contributed by atoms with van der Waals surface area (Å²) in [6.45, 7) is 3.74. The van der Waals surface area contributed by atoms with E-state index in [2.05, 4.69) is 17.6 Å². The molecule has 4 heteroatoms. The van der Waals surface area contributed by atoms with Crippen molar-refractivity contribution in [2.45, 2.75) is 45.4 Å². The maximum absolute atomic E-state index is 11.9. The second-order valence-corrected chi connectivity index (χ2v) is 5.53. The third-order valence-corrected chi connectivity index (χ3v) is 4.36. The van der Waals surface area contributed by atoms with Crippen LogP contribution in [0.1, 0.15) is 45.4 Å². The minimum atomic E-state index is 0.0655. The molecular formula is C14H24N2O2. The monoisotopic (exact) mass is 252 g/mol. The normalized spacial score (nSPS) is 29.2. The third-order valence-electron chi connectivity index (χ3n) is 4.36. The van der Waals surface area contributed by atoms with Crippen LogP contribution < -0.4 is 10.6 Å². The molecular weight excluding hydrogens is 228 g/mol. The lowest BCUT2D eigenvalue weighted by Crippen LogP contribution is -2.33. The topological polar surface area (TPSA) is 58.2 Å². The Morgan fingerprint density at radius 3 is 2.00 bits per heavy atom. The maximum Gasteiger partial charge on any atom is 0.223 e. The molecule has 2 rings (SSSR count). The third kappa shape index (κ3) is 2.85. The molecule has 2 unspecified atom stereocenters. The van der Waals surface area contributed by atoms with Gasteiger partial charge in [-0.1, -0.05) is 26.2 Å². The summed E-state index contributed by atoms with van der Waals surface area (Å²) >= 11 is 0. The lowest BCUT2D eigenvalue weighted by molar-refractivity contribution is -0.128. The molecule has 2 heterocycles. The fourth-order valence-corrected chi connectivity index (χ4v) is 3.36. The molecule has 0 aromatic heterocycles. The summed E-state index contributed by atoms with van der Waals surface area (Å²) in [5.74, 6) is 0.709. The zero-order chi connectivity index (χ0) is 13.0. The molecule has 102 valence electrons. The van der Waals surface area contributed by atoms with Crippen molar-refractivity contribution >= 4 is 11.8 Å². The molecule has 2 atom stereocenters. The van der Waals surface area contributed by atoms with Gasteiger partial charge in [0.05, 0.1) is 0 Å². The van der Waals surface area contributed by atoms with Crippen molar-refractivity contribution < 1.29 is 9.59 Å². The van der Waals surface area contributed by atoms with E-state index in [0.717, 1.165) is 38.8 Å². The van der Waals surface area contributed by atoms with Crippen molar-refractivity contribution in [1.82, 2.24) is 10.6 Å². The number of hydrogen-bond donors (Lipinski definition) is 2. The van der Waals surface area contributed by atoms with E-state index in [-0.39, 0.29) is 29.6 Å². The predicted molar refractivity (Wildman–Crippen MR) is 69.9 cm³/mol. The molecule has 0 spiro atoms. The lowest BCUT2D eigenvalue weighted by Gasteiger charge is -2.25. The molecule has 18 heavy (non-hydrogen) atoms. The highest BCUT2D eigenvalue weighted by atomic mass is 16.2. The number of amides is 2. The van der Waals surface area contributed by atoms with Gasteiger partial charge in [0.15, 0.2) is 0 Å². The number of carbonyl (C=O) groups is 2. The average Bonchev–Trinajstić information content (AvgIpc) is 2.95. The van der Waals surface area contributed by atoms with Crippen LogP contribution >= 0.6 is 0 Å². The number of unbranched alkanes of at least 4 members (excludes halogenated alkanes) is 2. The summed E-state index contributed by atoms with van der Waals surface area (Å²) in [4.78, 5) is 23.7. The van der Waals surface area contributed by atoms with E-state index < -0.39 is 0 Å². The highest BCUT2D eigenvalue weighted by Crippen LogP contribution is 2.35. The van der Waals surface area contributed by atoms with Crippen LogP contribution in [0.4, 0.5) is 0 Å². The standard InChI is InChI=1S/C14H24N2O2/c1-2-3-4-5-10(11-6-8-15-13(11)17)12-7-9-16-14(12)18/h10-12H,2-9H2,1H3,(H,15,17)(H,16,18). The van der Waals surface area contributed by atoms with Gasteiger partial charge in [-0.3, -0.25) is 9.59 Å². The van der Waals surface area contributed by atoms with E-state index in [1.807, 2.05) is 0 Å². The van der Waals surface area contributed by atoms with E-state index in [4.69, 9.17) is 0 Å². The van der Waals surface area contributed by atoms with Crippen LogP contribution in [0.2, 0.25) is 0 Å². The van der Waals surface area contributed by atoms with Gasteiger partial charge in [0.25, 0.3) is 0 Å². The Morgan fingerprint density at radius 2 is 1.61 bits per heavy atom. The summed E-state index contributed by atoms with van der Waals surface area (Å²) in [5.41, 5.74) is 0. The minimum Gasteiger partial charge on any atom is -0.356 e. The Labute approximate surface area is 109 Å². The summed E-state index contributed by atoms with van der Waals surface area (Å²) in [6, 6.07) is 0. The maximum atomic E-state index is 11.9. The first-order chi connectivity index (χ1) is 8.74. The Morgan fingerprint density at radius 1 is 1.06 bits per heavy atom. The minimum absolute atomic E-state index is 0.0655. The largest absolute Gasteiger partial charge is 0.356 e. The van der Waals surface area contributed by atoms with Crippen molar-refractivity contribution in [3.05, 3.63) is 0 Å². The fraction of sp³-hybridized carbons (Fsp3) is 0.857. The SMILES string of the molecule is CCCCCC(C1CCNC1=O)C1CCNC1=O. The number of hydrogen-bond acceptors (Lipinski definition) is 2. The molecule has 0 bridgehead atoms. The first-order valence-corrected chi connectivity index (χ1v) is 7.29. The zero-order valence-corrected chi connectivity index (χ0v) is 11.2. The van der Waals surface area contributed by atoms with Crippen LogP contribution in [-0.4, -0.2) is 24.9 Å². The van der Waals surface area contributed by atoms with Gasteiger partial charge in [-0.05, 0) is 25.2 Å². The molecule has 0 saturated carbocycles. The fourth-order valence-electron chi connectivity index (χ4n) is 3.36. The Balaban J connectivity index is 2.01. The second kappa shape index (κ2) is 6.21. The molecule has 2 N–H and O–H groups in total. The van der Waals surface area contributed by atoms with Gasteiger partial charge in [-0.2, -0.15) is 0 Å². The molecule has 2 aliphatic rings. The van der Waals surface area contributed by atoms with E-state index in [1.54, 1.807) is 0 Å². The van der Waals surface area contributed by atoms with E-state index in [0.29, 0.717) is 0 Å². The molecule has 2 fully saturated rings. The number of rotatable bonds is 6. The van der Waals surface area contributed by atoms with Gasteiger partial charge in [0.2, 0.25) is 11.8 Å². The summed E-state index contributed by atoms with van der Waals surface area (Å²) in [5, 5.41) is 5.82. The van der Waals surface area contributed by atoms with Gasteiger partial charge in [0.1, 0.15) is 0 Å². The molecule has 0 aromatic rings. The second-order valence-electron chi connectivity index (χ2n) is 5.53. The van der Waals surface area contributed by atoms with Crippen molar-refractivity contribution in [3.63, 3.8) is 0 Å². The first-order valence-electron chi connectivity index (χ1n) is 7.29. The Kier molecular flexibility index (Phi) is 4.61. The van der Waals surface area contributed by atoms with Gasteiger partial charge in [-0.15, -0.1) is 0 Å². The van der Waals surface area contributed by atoms with Crippen molar-refractivity contribution in [3.8, 4) is 0 Å². The summed E-state index contributed by atoms with van der Waals surface area (Å²) in [7, 11) is 0. The van der Waals surface area contributed by atoms with Crippen molar-refractivity contribution in [2.75, 3.05) is 13.1 Å². The Hall–Kier alpha value is -1.06. The van der Waals surface area contributed by atoms with E-state index in [1.165, 1.54) is 12.8 Å². The first kappa shape index (κ1) is 13.4. The lowest BCUT2D eigenvalue weighted by atomic mass is 9.76. The molecule has 4 nitrogen and oxygen atoms in total. The van der Waals surface area contributed by atoms with Gasteiger partial charge >= 0.3 is 0 Å². The molecule has 2 saturated heterocycles. The van der Waals surface area contributed by atoms with E-state index >= 15 is 0 Å². The highest BCUT2D eigenvalue weighted by Gasteiger charge is 2.41. The van der Waals surface area contributed by atoms with Crippen LogP contribution in [0, 0.1) is 17.8 Å². The Bertz CT molecular complexity index is 291. The molecule has 2 amide bonds. The smallest absolute Gasteiger partial charge is 0.223 e.